The van der Waals surface area contributed by atoms with Gasteiger partial charge < -0.3 is 10.2 Å². The second kappa shape index (κ2) is 7.75. The van der Waals surface area contributed by atoms with E-state index in [1.165, 1.54) is 6.42 Å². The van der Waals surface area contributed by atoms with Gasteiger partial charge in [0.25, 0.3) is 5.91 Å². The molecular weight excluding hydrogens is 314 g/mol. The summed E-state index contributed by atoms with van der Waals surface area (Å²) in [5, 5.41) is 20.1. The van der Waals surface area contributed by atoms with Crippen molar-refractivity contribution < 1.29 is 4.79 Å². The van der Waals surface area contributed by atoms with Gasteiger partial charge in [0.2, 0.25) is 0 Å². The van der Waals surface area contributed by atoms with Gasteiger partial charge in [0.1, 0.15) is 0 Å². The van der Waals surface area contributed by atoms with E-state index in [1.807, 2.05) is 4.90 Å². The number of hydrogen-bond donors (Lipinski definition) is 1. The second-order valence-electron chi connectivity index (χ2n) is 6.17. The molecule has 1 atom stereocenters. The Balaban J connectivity index is 1.68. The van der Waals surface area contributed by atoms with E-state index in [0.29, 0.717) is 23.1 Å². The first-order chi connectivity index (χ1) is 12.2. The number of anilines is 2. The van der Waals surface area contributed by atoms with Crippen LogP contribution in [0.4, 0.5) is 11.5 Å². The normalized spacial score (nSPS) is 17.0. The number of carbonyl (C=O) groups excluding carboxylic acids is 1. The number of hydrogen-bond acceptors (Lipinski definition) is 5. The molecule has 1 unspecified atom stereocenters. The van der Waals surface area contributed by atoms with E-state index < -0.39 is 0 Å². The molecule has 1 saturated heterocycles. The van der Waals surface area contributed by atoms with E-state index in [0.717, 1.165) is 31.5 Å². The number of piperidine rings is 1. The summed E-state index contributed by atoms with van der Waals surface area (Å²) >= 11 is 0. The van der Waals surface area contributed by atoms with Crippen molar-refractivity contribution in [2.75, 3.05) is 11.9 Å². The third-order valence-corrected chi connectivity index (χ3v) is 4.53. The van der Waals surface area contributed by atoms with Crippen molar-refractivity contribution in [3.63, 3.8) is 0 Å². The molecule has 0 aliphatic carbocycles. The van der Waals surface area contributed by atoms with E-state index in [1.54, 1.807) is 36.4 Å². The Morgan fingerprint density at radius 2 is 2.04 bits per heavy atom. The van der Waals surface area contributed by atoms with E-state index in [2.05, 4.69) is 28.5 Å². The highest BCUT2D eigenvalue weighted by Crippen LogP contribution is 2.21. The minimum atomic E-state index is -0.0380. The van der Waals surface area contributed by atoms with E-state index in [9.17, 15) is 4.79 Å². The molecule has 128 valence electrons. The van der Waals surface area contributed by atoms with Crippen LogP contribution < -0.4 is 5.32 Å². The van der Waals surface area contributed by atoms with E-state index >= 15 is 0 Å². The van der Waals surface area contributed by atoms with Crippen molar-refractivity contribution in [1.82, 2.24) is 15.1 Å². The Bertz CT molecular complexity index is 764. The Morgan fingerprint density at radius 1 is 1.24 bits per heavy atom. The van der Waals surface area contributed by atoms with Gasteiger partial charge in [-0.3, -0.25) is 4.79 Å². The van der Waals surface area contributed by atoms with Crippen LogP contribution in [0.5, 0.6) is 0 Å². The predicted molar refractivity (Wildman–Crippen MR) is 95.4 cm³/mol. The standard InChI is InChI=1S/C19H21N5O/c1-2-16-5-3-4-12-24(16)19(25)17-10-11-18(23-22-17)21-15-8-6-14(13-20)7-9-15/h6-11,16H,2-5,12H2,1H3,(H,21,23). The van der Waals surface area contributed by atoms with Gasteiger partial charge >= 0.3 is 0 Å². The van der Waals surface area contributed by atoms with Crippen LogP contribution in [0, 0.1) is 11.3 Å². The van der Waals surface area contributed by atoms with Crippen LogP contribution in [0.25, 0.3) is 0 Å². The third-order valence-electron chi connectivity index (χ3n) is 4.53. The van der Waals surface area contributed by atoms with Crippen LogP contribution in [0.2, 0.25) is 0 Å². The molecular formula is C19H21N5O. The SMILES string of the molecule is CCC1CCCCN1C(=O)c1ccc(Nc2ccc(C#N)cc2)nn1. The van der Waals surface area contributed by atoms with Crippen molar-refractivity contribution in [2.24, 2.45) is 0 Å². The van der Waals surface area contributed by atoms with Gasteiger partial charge in [-0.2, -0.15) is 5.26 Å². The molecule has 1 amide bonds. The molecule has 1 fully saturated rings. The monoisotopic (exact) mass is 335 g/mol. The number of nitriles is 1. The van der Waals surface area contributed by atoms with Gasteiger partial charge in [-0.1, -0.05) is 6.92 Å². The Morgan fingerprint density at radius 3 is 2.68 bits per heavy atom. The maximum absolute atomic E-state index is 12.7. The molecule has 6 nitrogen and oxygen atoms in total. The van der Waals surface area contributed by atoms with Crippen molar-refractivity contribution in [1.29, 1.82) is 5.26 Å². The van der Waals surface area contributed by atoms with E-state index in [-0.39, 0.29) is 5.91 Å². The fourth-order valence-electron chi connectivity index (χ4n) is 3.13. The average molecular weight is 335 g/mol. The summed E-state index contributed by atoms with van der Waals surface area (Å²) in [5.41, 5.74) is 1.80. The minimum Gasteiger partial charge on any atom is -0.339 e. The summed E-state index contributed by atoms with van der Waals surface area (Å²) in [7, 11) is 0. The average Bonchev–Trinajstić information content (AvgIpc) is 2.68. The molecule has 2 aromatic rings. The Labute approximate surface area is 147 Å². The van der Waals surface area contributed by atoms with Crippen LogP contribution in [0.3, 0.4) is 0 Å². The zero-order chi connectivity index (χ0) is 17.6. The molecule has 1 aliphatic rings. The van der Waals surface area contributed by atoms with Crippen molar-refractivity contribution in [3.05, 3.63) is 47.7 Å². The second-order valence-corrected chi connectivity index (χ2v) is 6.17. The molecule has 3 rings (SSSR count). The molecule has 1 aliphatic heterocycles. The van der Waals surface area contributed by atoms with Gasteiger partial charge in [-0.05, 0) is 62.1 Å². The summed E-state index contributed by atoms with van der Waals surface area (Å²) < 4.78 is 0. The summed E-state index contributed by atoms with van der Waals surface area (Å²) in [6, 6.07) is 12.9. The molecule has 2 heterocycles. The Hall–Kier alpha value is -2.94. The highest BCUT2D eigenvalue weighted by atomic mass is 16.2. The molecule has 0 spiro atoms. The van der Waals surface area contributed by atoms with E-state index in [4.69, 9.17) is 5.26 Å². The van der Waals surface area contributed by atoms with Crippen molar-refractivity contribution in [3.8, 4) is 6.07 Å². The molecule has 0 radical (unpaired) electrons. The summed E-state index contributed by atoms with van der Waals surface area (Å²) in [4.78, 5) is 14.6. The lowest BCUT2D eigenvalue weighted by molar-refractivity contribution is 0.0601. The quantitative estimate of drug-likeness (QED) is 0.925. The summed E-state index contributed by atoms with van der Waals surface area (Å²) in [6.45, 7) is 2.91. The Kier molecular flexibility index (Phi) is 5.24. The fraction of sp³-hybridized carbons (Fsp3) is 0.368. The maximum Gasteiger partial charge on any atom is 0.274 e. The van der Waals surface area contributed by atoms with Crippen LogP contribution in [0.1, 0.15) is 48.7 Å². The van der Waals surface area contributed by atoms with Crippen LogP contribution in [-0.2, 0) is 0 Å². The molecule has 25 heavy (non-hydrogen) atoms. The molecule has 0 saturated carbocycles. The first-order valence-electron chi connectivity index (χ1n) is 8.63. The zero-order valence-electron chi connectivity index (χ0n) is 14.3. The zero-order valence-corrected chi connectivity index (χ0v) is 14.3. The lowest BCUT2D eigenvalue weighted by Gasteiger charge is -2.34. The number of likely N-dealkylation sites (tertiary alicyclic amines) is 1. The first kappa shape index (κ1) is 16.9. The van der Waals surface area contributed by atoms with Crippen LogP contribution in [-0.4, -0.2) is 33.6 Å². The van der Waals surface area contributed by atoms with Crippen LogP contribution in [0.15, 0.2) is 36.4 Å². The number of rotatable bonds is 4. The van der Waals surface area contributed by atoms with Gasteiger partial charge in [-0.25, -0.2) is 0 Å². The lowest BCUT2D eigenvalue weighted by atomic mass is 9.99. The third kappa shape index (κ3) is 3.94. The highest BCUT2D eigenvalue weighted by Gasteiger charge is 2.27. The molecule has 0 bridgehead atoms. The van der Waals surface area contributed by atoms with Crippen molar-refractivity contribution in [2.45, 2.75) is 38.6 Å². The molecule has 6 heteroatoms. The van der Waals surface area contributed by atoms with Crippen molar-refractivity contribution >= 4 is 17.4 Å². The fourth-order valence-corrected chi connectivity index (χ4v) is 3.13. The molecule has 1 aromatic carbocycles. The maximum atomic E-state index is 12.7. The van der Waals surface area contributed by atoms with Gasteiger partial charge in [0, 0.05) is 18.3 Å². The molecule has 1 N–H and O–H groups in total. The number of nitrogens with one attached hydrogen (secondary N) is 1. The predicted octanol–water partition coefficient (Wildman–Crippen LogP) is 3.50. The summed E-state index contributed by atoms with van der Waals surface area (Å²) in [6.07, 6.45) is 4.26. The summed E-state index contributed by atoms with van der Waals surface area (Å²) in [5.74, 6) is 0.524. The minimum absolute atomic E-state index is 0.0380. The van der Waals surface area contributed by atoms with Gasteiger partial charge in [-0.15, -0.1) is 10.2 Å². The van der Waals surface area contributed by atoms with Gasteiger partial charge in [0.05, 0.1) is 11.6 Å². The number of aromatic nitrogens is 2. The number of nitrogens with zero attached hydrogens (tertiary/aromatic N) is 4. The van der Waals surface area contributed by atoms with Crippen LogP contribution >= 0.6 is 0 Å². The number of carbonyl (C=O) groups is 1. The topological polar surface area (TPSA) is 81.9 Å². The molecule has 1 aromatic heterocycles. The largest absolute Gasteiger partial charge is 0.339 e. The highest BCUT2D eigenvalue weighted by molar-refractivity contribution is 5.92. The smallest absolute Gasteiger partial charge is 0.274 e. The number of benzene rings is 1. The number of amides is 1. The van der Waals surface area contributed by atoms with Gasteiger partial charge in [0.15, 0.2) is 11.5 Å². The first-order valence-corrected chi connectivity index (χ1v) is 8.63. The lowest BCUT2D eigenvalue weighted by Crippen LogP contribution is -2.43.